The Kier molecular flexibility index (Phi) is 1.89. The van der Waals surface area contributed by atoms with Crippen LogP contribution >= 0.6 is 0 Å². The summed E-state index contributed by atoms with van der Waals surface area (Å²) in [4.78, 5) is 28.4. The van der Waals surface area contributed by atoms with E-state index in [-0.39, 0.29) is 11.4 Å². The standard InChI is InChI=1S/C9H8N4O2/c10-8(14)5-2-1-4-6(13-5)3-7(12-4)9(11)15/h1-3,12H,(H2,10,14)(H2,11,15). The van der Waals surface area contributed by atoms with Crippen LogP contribution < -0.4 is 11.5 Å². The van der Waals surface area contributed by atoms with Crippen molar-refractivity contribution in [3.63, 3.8) is 0 Å². The lowest BCUT2D eigenvalue weighted by molar-refractivity contribution is 0.0988. The highest BCUT2D eigenvalue weighted by atomic mass is 16.1. The van der Waals surface area contributed by atoms with E-state index in [0.717, 1.165) is 0 Å². The number of nitrogens with one attached hydrogen (secondary N) is 1. The number of aromatic nitrogens is 2. The lowest BCUT2D eigenvalue weighted by Crippen LogP contribution is -2.12. The predicted octanol–water partition coefficient (Wildman–Crippen LogP) is -0.239. The molecule has 6 nitrogen and oxygen atoms in total. The summed E-state index contributed by atoms with van der Waals surface area (Å²) in [6.07, 6.45) is 0. The van der Waals surface area contributed by atoms with Crippen LogP contribution in [0.3, 0.4) is 0 Å². The minimum atomic E-state index is -0.612. The van der Waals surface area contributed by atoms with Crippen molar-refractivity contribution >= 4 is 22.8 Å². The van der Waals surface area contributed by atoms with E-state index in [2.05, 4.69) is 9.97 Å². The van der Waals surface area contributed by atoms with E-state index in [4.69, 9.17) is 11.5 Å². The van der Waals surface area contributed by atoms with Gasteiger partial charge in [0.1, 0.15) is 11.4 Å². The monoisotopic (exact) mass is 204 g/mol. The molecule has 2 amide bonds. The highest BCUT2D eigenvalue weighted by Crippen LogP contribution is 2.13. The second kappa shape index (κ2) is 3.09. The zero-order valence-corrected chi connectivity index (χ0v) is 7.65. The summed E-state index contributed by atoms with van der Waals surface area (Å²) in [6.45, 7) is 0. The molecule has 0 atom stereocenters. The lowest BCUT2D eigenvalue weighted by atomic mass is 10.3. The zero-order chi connectivity index (χ0) is 11.0. The Morgan fingerprint density at radius 3 is 2.53 bits per heavy atom. The van der Waals surface area contributed by atoms with Gasteiger partial charge in [-0.3, -0.25) is 9.59 Å². The minimum Gasteiger partial charge on any atom is -0.364 e. The number of nitrogens with two attached hydrogens (primary N) is 2. The van der Waals surface area contributed by atoms with Crippen LogP contribution in [0, 0.1) is 0 Å². The molecule has 2 rings (SSSR count). The quantitative estimate of drug-likeness (QED) is 0.626. The minimum absolute atomic E-state index is 0.150. The third kappa shape index (κ3) is 1.52. The van der Waals surface area contributed by atoms with Gasteiger partial charge in [0.15, 0.2) is 0 Å². The van der Waals surface area contributed by atoms with Gasteiger partial charge >= 0.3 is 0 Å². The fourth-order valence-electron chi connectivity index (χ4n) is 1.28. The molecule has 0 unspecified atom stereocenters. The Morgan fingerprint density at radius 2 is 1.93 bits per heavy atom. The van der Waals surface area contributed by atoms with Crippen LogP contribution in [-0.2, 0) is 0 Å². The fourth-order valence-corrected chi connectivity index (χ4v) is 1.28. The van der Waals surface area contributed by atoms with Gasteiger partial charge in [0, 0.05) is 0 Å². The maximum absolute atomic E-state index is 10.9. The molecule has 76 valence electrons. The molecule has 2 heterocycles. The van der Waals surface area contributed by atoms with Gasteiger partial charge in [-0.2, -0.15) is 0 Å². The van der Waals surface area contributed by atoms with Gasteiger partial charge in [-0.05, 0) is 18.2 Å². The molecule has 2 aromatic rings. The molecule has 0 bridgehead atoms. The second-order valence-electron chi connectivity index (χ2n) is 3.04. The number of pyridine rings is 1. The summed E-state index contributed by atoms with van der Waals surface area (Å²) in [6, 6.07) is 4.57. The molecule has 0 fully saturated rings. The first-order valence-electron chi connectivity index (χ1n) is 4.17. The number of H-pyrrole nitrogens is 1. The fraction of sp³-hybridized carbons (Fsp3) is 0. The summed E-state index contributed by atoms with van der Waals surface area (Å²) in [5.41, 5.74) is 11.7. The first-order chi connectivity index (χ1) is 7.08. The van der Waals surface area contributed by atoms with Crippen molar-refractivity contribution in [3.8, 4) is 0 Å². The summed E-state index contributed by atoms with van der Waals surface area (Å²) in [5.74, 6) is -1.19. The molecule has 0 saturated heterocycles. The van der Waals surface area contributed by atoms with E-state index < -0.39 is 11.8 Å². The van der Waals surface area contributed by atoms with E-state index in [1.54, 1.807) is 6.07 Å². The Morgan fingerprint density at radius 1 is 1.20 bits per heavy atom. The summed E-state index contributed by atoms with van der Waals surface area (Å²) in [5, 5.41) is 0. The third-order valence-corrected chi connectivity index (χ3v) is 1.99. The molecule has 2 aromatic heterocycles. The van der Waals surface area contributed by atoms with Crippen molar-refractivity contribution in [1.29, 1.82) is 0 Å². The average molecular weight is 204 g/mol. The van der Waals surface area contributed by atoms with Crippen LogP contribution in [0.5, 0.6) is 0 Å². The highest BCUT2D eigenvalue weighted by Gasteiger charge is 2.08. The maximum Gasteiger partial charge on any atom is 0.267 e. The number of carbonyl (C=O) groups excluding carboxylic acids is 2. The van der Waals surface area contributed by atoms with Gasteiger partial charge in [0.05, 0.1) is 11.0 Å². The maximum atomic E-state index is 10.9. The van der Waals surface area contributed by atoms with Gasteiger partial charge in [-0.15, -0.1) is 0 Å². The van der Waals surface area contributed by atoms with E-state index in [9.17, 15) is 9.59 Å². The van der Waals surface area contributed by atoms with Gasteiger partial charge in [-0.1, -0.05) is 0 Å². The van der Waals surface area contributed by atoms with E-state index in [0.29, 0.717) is 11.0 Å². The van der Waals surface area contributed by atoms with Gasteiger partial charge in [0.25, 0.3) is 11.8 Å². The van der Waals surface area contributed by atoms with E-state index in [1.807, 2.05) is 0 Å². The summed E-state index contributed by atoms with van der Waals surface area (Å²) >= 11 is 0. The summed E-state index contributed by atoms with van der Waals surface area (Å²) < 4.78 is 0. The number of carbonyl (C=O) groups is 2. The number of aromatic amines is 1. The van der Waals surface area contributed by atoms with Crippen molar-refractivity contribution in [3.05, 3.63) is 29.6 Å². The molecular formula is C9H8N4O2. The predicted molar refractivity (Wildman–Crippen MR) is 53.1 cm³/mol. The molecule has 0 radical (unpaired) electrons. The van der Waals surface area contributed by atoms with Crippen molar-refractivity contribution in [2.75, 3.05) is 0 Å². The van der Waals surface area contributed by atoms with Crippen LogP contribution in [0.15, 0.2) is 18.2 Å². The number of amides is 2. The largest absolute Gasteiger partial charge is 0.364 e. The van der Waals surface area contributed by atoms with Gasteiger partial charge in [0.2, 0.25) is 0 Å². The number of primary amides is 2. The number of hydrogen-bond acceptors (Lipinski definition) is 3. The molecule has 6 heteroatoms. The van der Waals surface area contributed by atoms with Crippen LogP contribution in [0.1, 0.15) is 21.0 Å². The molecule has 0 aliphatic rings. The van der Waals surface area contributed by atoms with Crippen LogP contribution in [0.4, 0.5) is 0 Å². The molecule has 0 aliphatic heterocycles. The molecular weight excluding hydrogens is 196 g/mol. The Balaban J connectivity index is 2.62. The second-order valence-corrected chi connectivity index (χ2v) is 3.04. The van der Waals surface area contributed by atoms with Crippen molar-refractivity contribution in [2.45, 2.75) is 0 Å². The van der Waals surface area contributed by atoms with Crippen LogP contribution in [0.2, 0.25) is 0 Å². The first kappa shape index (κ1) is 9.20. The van der Waals surface area contributed by atoms with E-state index >= 15 is 0 Å². The van der Waals surface area contributed by atoms with E-state index in [1.165, 1.54) is 12.1 Å². The van der Waals surface area contributed by atoms with Crippen molar-refractivity contribution in [1.82, 2.24) is 9.97 Å². The number of fused-ring (bicyclic) bond motifs is 1. The Bertz CT molecular complexity index is 546. The number of nitrogens with zero attached hydrogens (tertiary/aromatic N) is 1. The Hall–Kier alpha value is -2.37. The van der Waals surface area contributed by atoms with Crippen molar-refractivity contribution in [2.24, 2.45) is 11.5 Å². The van der Waals surface area contributed by atoms with Gasteiger partial charge in [-0.25, -0.2) is 4.98 Å². The van der Waals surface area contributed by atoms with Crippen molar-refractivity contribution < 1.29 is 9.59 Å². The smallest absolute Gasteiger partial charge is 0.267 e. The molecule has 5 N–H and O–H groups in total. The topological polar surface area (TPSA) is 115 Å². The molecule has 15 heavy (non-hydrogen) atoms. The normalized spacial score (nSPS) is 10.4. The zero-order valence-electron chi connectivity index (χ0n) is 7.65. The number of hydrogen-bond donors (Lipinski definition) is 3. The van der Waals surface area contributed by atoms with Crippen LogP contribution in [0.25, 0.3) is 11.0 Å². The highest BCUT2D eigenvalue weighted by molar-refractivity contribution is 5.97. The summed E-state index contributed by atoms with van der Waals surface area (Å²) in [7, 11) is 0. The molecule has 0 aromatic carbocycles. The SMILES string of the molecule is NC(=O)c1ccc2[nH]c(C(N)=O)cc2n1. The first-order valence-corrected chi connectivity index (χ1v) is 4.17. The average Bonchev–Trinajstić information content (AvgIpc) is 2.59. The molecule has 0 spiro atoms. The Labute approximate surface area is 84.3 Å². The van der Waals surface area contributed by atoms with Crippen LogP contribution in [-0.4, -0.2) is 21.8 Å². The number of rotatable bonds is 2. The lowest BCUT2D eigenvalue weighted by Gasteiger charge is -1.93. The third-order valence-electron chi connectivity index (χ3n) is 1.99. The molecule has 0 saturated carbocycles. The molecule has 0 aliphatic carbocycles. The van der Waals surface area contributed by atoms with Gasteiger partial charge < -0.3 is 16.5 Å².